The van der Waals surface area contributed by atoms with Crippen LogP contribution in [0.1, 0.15) is 16.1 Å². The topological polar surface area (TPSA) is 72.9 Å². The predicted molar refractivity (Wildman–Crippen MR) is 65.0 cm³/mol. The Bertz CT molecular complexity index is 550. The Balaban J connectivity index is 2.56. The van der Waals surface area contributed by atoms with Crippen LogP contribution in [0.3, 0.4) is 0 Å². The van der Waals surface area contributed by atoms with Crippen molar-refractivity contribution in [2.75, 3.05) is 0 Å². The number of nitrogens with one attached hydrogen (secondary N) is 1. The van der Waals surface area contributed by atoms with E-state index in [0.717, 1.165) is 5.69 Å². The van der Waals surface area contributed by atoms with Crippen molar-refractivity contribution in [2.45, 2.75) is 6.92 Å². The van der Waals surface area contributed by atoms with Gasteiger partial charge in [-0.15, -0.1) is 0 Å². The monoisotopic (exact) mass is 250 g/mol. The quantitative estimate of drug-likeness (QED) is 0.481. The molecule has 0 aliphatic carbocycles. The second-order valence-corrected chi connectivity index (χ2v) is 3.83. The van der Waals surface area contributed by atoms with Crippen molar-refractivity contribution >= 4 is 17.5 Å². The van der Waals surface area contributed by atoms with Crippen molar-refractivity contribution in [2.24, 2.45) is 5.84 Å². The second-order valence-electron chi connectivity index (χ2n) is 3.47. The number of aromatic nitrogens is 2. The minimum absolute atomic E-state index is 0.247. The zero-order valence-corrected chi connectivity index (χ0v) is 9.90. The van der Waals surface area contributed by atoms with Crippen LogP contribution in [-0.2, 0) is 0 Å². The van der Waals surface area contributed by atoms with Gasteiger partial charge in [-0.25, -0.2) is 10.5 Å². The molecule has 2 rings (SSSR count). The fourth-order valence-electron chi connectivity index (χ4n) is 1.57. The number of nitrogen functional groups attached to an aromatic ring is 1. The first-order valence-electron chi connectivity index (χ1n) is 4.96. The van der Waals surface area contributed by atoms with Gasteiger partial charge in [-0.2, -0.15) is 5.10 Å². The Morgan fingerprint density at radius 2 is 2.06 bits per heavy atom. The first kappa shape index (κ1) is 11.6. The molecule has 2 aromatic rings. The molecule has 0 unspecified atom stereocenters. The van der Waals surface area contributed by atoms with Crippen LogP contribution < -0.4 is 11.3 Å². The van der Waals surface area contributed by atoms with Crippen LogP contribution in [0.4, 0.5) is 0 Å². The van der Waals surface area contributed by atoms with E-state index in [-0.39, 0.29) is 10.7 Å². The van der Waals surface area contributed by atoms with Crippen molar-refractivity contribution in [3.05, 3.63) is 46.7 Å². The highest BCUT2D eigenvalue weighted by Gasteiger charge is 2.19. The van der Waals surface area contributed by atoms with Crippen LogP contribution in [0.25, 0.3) is 5.69 Å². The summed E-state index contributed by atoms with van der Waals surface area (Å²) in [5.74, 6) is 4.65. The number of aryl methyl sites for hydroxylation is 1. The summed E-state index contributed by atoms with van der Waals surface area (Å²) in [5.41, 5.74) is 3.66. The lowest BCUT2D eigenvalue weighted by Gasteiger charge is -2.02. The predicted octanol–water partition coefficient (Wildman–Crippen LogP) is 1.44. The molecule has 88 valence electrons. The third-order valence-corrected chi connectivity index (χ3v) is 2.71. The maximum Gasteiger partial charge on any atom is 0.270 e. The summed E-state index contributed by atoms with van der Waals surface area (Å²) in [6.45, 7) is 1.70. The summed E-state index contributed by atoms with van der Waals surface area (Å²) in [6, 6.07) is 9.32. The number of carbonyl (C=O) groups excluding carboxylic acids is 1. The molecule has 6 heteroatoms. The maximum absolute atomic E-state index is 11.5. The van der Waals surface area contributed by atoms with Crippen LogP contribution >= 0.6 is 11.6 Å². The number of hydrazine groups is 1. The highest BCUT2D eigenvalue weighted by atomic mass is 35.5. The molecule has 1 aromatic heterocycles. The smallest absolute Gasteiger partial charge is 0.270 e. The third-order valence-electron chi connectivity index (χ3n) is 2.36. The molecule has 0 aliphatic rings. The van der Waals surface area contributed by atoms with E-state index in [2.05, 4.69) is 10.5 Å². The molecular formula is C11H11ClN4O. The van der Waals surface area contributed by atoms with Gasteiger partial charge in [0.05, 0.1) is 11.4 Å². The summed E-state index contributed by atoms with van der Waals surface area (Å²) in [5, 5.41) is 4.46. The van der Waals surface area contributed by atoms with E-state index in [1.165, 1.54) is 4.68 Å². The average Bonchev–Trinajstić information content (AvgIpc) is 2.65. The minimum atomic E-state index is -0.449. The molecule has 1 aromatic carbocycles. The largest absolute Gasteiger partial charge is 0.290 e. The fourth-order valence-corrected chi connectivity index (χ4v) is 1.93. The zero-order chi connectivity index (χ0) is 12.4. The van der Waals surface area contributed by atoms with E-state index in [4.69, 9.17) is 17.4 Å². The number of halogens is 1. The lowest BCUT2D eigenvalue weighted by atomic mass is 10.2. The van der Waals surface area contributed by atoms with Crippen LogP contribution in [0, 0.1) is 6.92 Å². The first-order chi connectivity index (χ1) is 8.15. The molecule has 0 saturated carbocycles. The lowest BCUT2D eigenvalue weighted by molar-refractivity contribution is 0.0953. The Morgan fingerprint density at radius 3 is 2.65 bits per heavy atom. The molecule has 0 spiro atoms. The van der Waals surface area contributed by atoms with Crippen molar-refractivity contribution in [1.29, 1.82) is 0 Å². The molecule has 1 heterocycles. The zero-order valence-electron chi connectivity index (χ0n) is 9.14. The number of amides is 1. The third kappa shape index (κ3) is 2.02. The molecule has 0 fully saturated rings. The molecule has 0 aliphatic heterocycles. The van der Waals surface area contributed by atoms with Crippen molar-refractivity contribution in [3.8, 4) is 5.69 Å². The van der Waals surface area contributed by atoms with Gasteiger partial charge in [-0.05, 0) is 19.1 Å². The first-order valence-corrected chi connectivity index (χ1v) is 5.34. The molecule has 0 atom stereocenters. The highest BCUT2D eigenvalue weighted by Crippen LogP contribution is 2.22. The van der Waals surface area contributed by atoms with Crippen molar-refractivity contribution in [3.63, 3.8) is 0 Å². The van der Waals surface area contributed by atoms with Gasteiger partial charge in [-0.1, -0.05) is 29.8 Å². The van der Waals surface area contributed by atoms with E-state index >= 15 is 0 Å². The van der Waals surface area contributed by atoms with Crippen LogP contribution in [0.15, 0.2) is 30.3 Å². The van der Waals surface area contributed by atoms with E-state index < -0.39 is 5.91 Å². The Kier molecular flexibility index (Phi) is 3.12. The van der Waals surface area contributed by atoms with E-state index in [1.54, 1.807) is 6.92 Å². The Labute approximate surface area is 103 Å². The van der Waals surface area contributed by atoms with Gasteiger partial charge in [0, 0.05) is 0 Å². The summed E-state index contributed by atoms with van der Waals surface area (Å²) in [4.78, 5) is 11.5. The minimum Gasteiger partial charge on any atom is -0.290 e. The SMILES string of the molecule is Cc1nn(-c2ccccc2)c(Cl)c1C(=O)NN. The maximum atomic E-state index is 11.5. The number of benzene rings is 1. The number of para-hydroxylation sites is 1. The van der Waals surface area contributed by atoms with Crippen LogP contribution in [0.5, 0.6) is 0 Å². The highest BCUT2D eigenvalue weighted by molar-refractivity contribution is 6.33. The van der Waals surface area contributed by atoms with Gasteiger partial charge in [0.25, 0.3) is 5.91 Å². The Hall–Kier alpha value is -1.85. The van der Waals surface area contributed by atoms with Crippen LogP contribution in [-0.4, -0.2) is 15.7 Å². The molecular weight excluding hydrogens is 240 g/mol. The van der Waals surface area contributed by atoms with Gasteiger partial charge in [0.15, 0.2) is 0 Å². The number of nitrogens with two attached hydrogens (primary N) is 1. The average molecular weight is 251 g/mol. The van der Waals surface area contributed by atoms with Crippen molar-refractivity contribution in [1.82, 2.24) is 15.2 Å². The molecule has 0 bridgehead atoms. The molecule has 1 amide bonds. The summed E-state index contributed by atoms with van der Waals surface area (Å²) in [7, 11) is 0. The summed E-state index contributed by atoms with van der Waals surface area (Å²) in [6.07, 6.45) is 0. The summed E-state index contributed by atoms with van der Waals surface area (Å²) >= 11 is 6.12. The normalized spacial score (nSPS) is 10.3. The van der Waals surface area contributed by atoms with Crippen molar-refractivity contribution < 1.29 is 4.79 Å². The second kappa shape index (κ2) is 4.57. The van der Waals surface area contributed by atoms with Gasteiger partial charge in [0.1, 0.15) is 10.7 Å². The standard InChI is InChI=1S/C11H11ClN4O/c1-7-9(11(17)14-13)10(12)16(15-7)8-5-3-2-4-6-8/h2-6H,13H2,1H3,(H,14,17). The van der Waals surface area contributed by atoms with E-state index in [9.17, 15) is 4.79 Å². The molecule has 0 radical (unpaired) electrons. The lowest BCUT2D eigenvalue weighted by Crippen LogP contribution is -2.30. The number of carbonyl (C=O) groups is 1. The molecule has 5 nitrogen and oxygen atoms in total. The number of hydrogen-bond donors (Lipinski definition) is 2. The van der Waals surface area contributed by atoms with Gasteiger partial charge >= 0.3 is 0 Å². The molecule has 0 saturated heterocycles. The van der Waals surface area contributed by atoms with E-state index in [0.29, 0.717) is 5.69 Å². The van der Waals surface area contributed by atoms with E-state index in [1.807, 2.05) is 30.3 Å². The fraction of sp³-hybridized carbons (Fsp3) is 0.0909. The van der Waals surface area contributed by atoms with Crippen LogP contribution in [0.2, 0.25) is 5.15 Å². The van der Waals surface area contributed by atoms with Gasteiger partial charge < -0.3 is 0 Å². The number of rotatable bonds is 2. The summed E-state index contributed by atoms with van der Waals surface area (Å²) < 4.78 is 1.50. The van der Waals surface area contributed by atoms with Gasteiger partial charge in [-0.3, -0.25) is 10.2 Å². The Morgan fingerprint density at radius 1 is 1.41 bits per heavy atom. The molecule has 17 heavy (non-hydrogen) atoms. The number of hydrogen-bond acceptors (Lipinski definition) is 3. The number of nitrogens with zero attached hydrogens (tertiary/aromatic N) is 2. The molecule has 3 N–H and O–H groups in total. The van der Waals surface area contributed by atoms with Gasteiger partial charge in [0.2, 0.25) is 0 Å².